The summed E-state index contributed by atoms with van der Waals surface area (Å²) in [5.74, 6) is 4.77. The van der Waals surface area contributed by atoms with E-state index >= 15 is 0 Å². The van der Waals surface area contributed by atoms with Crippen molar-refractivity contribution in [2.75, 3.05) is 0 Å². The number of fused-ring (bicyclic) bond motifs is 1. The summed E-state index contributed by atoms with van der Waals surface area (Å²) in [5, 5.41) is 0.890. The van der Waals surface area contributed by atoms with E-state index in [1.807, 2.05) is 23.6 Å². The summed E-state index contributed by atoms with van der Waals surface area (Å²) in [6.07, 6.45) is 0. The third-order valence-electron chi connectivity index (χ3n) is 1.78. The van der Waals surface area contributed by atoms with Gasteiger partial charge in [-0.25, -0.2) is 5.84 Å². The molecule has 0 radical (unpaired) electrons. The predicted molar refractivity (Wildman–Crippen MR) is 62.4 cm³/mol. The van der Waals surface area contributed by atoms with Gasteiger partial charge in [-0.3, -0.25) is 10.2 Å². The van der Waals surface area contributed by atoms with Crippen LogP contribution in [0.2, 0.25) is 0 Å². The number of amides is 1. The van der Waals surface area contributed by atoms with E-state index in [0.29, 0.717) is 5.58 Å². The van der Waals surface area contributed by atoms with Crippen LogP contribution in [-0.2, 0) is 0 Å². The van der Waals surface area contributed by atoms with Crippen molar-refractivity contribution >= 4 is 41.7 Å². The molecular weight excluding hydrogens is 239 g/mol. The van der Waals surface area contributed by atoms with Gasteiger partial charge < -0.3 is 4.42 Å². The number of carbonyl (C=O) groups is 1. The number of furan rings is 1. The van der Waals surface area contributed by atoms with E-state index in [0.717, 1.165) is 5.39 Å². The van der Waals surface area contributed by atoms with Crippen LogP contribution in [0.25, 0.3) is 11.0 Å². The van der Waals surface area contributed by atoms with Crippen molar-refractivity contribution in [3.63, 3.8) is 0 Å². The average Bonchev–Trinajstić information content (AvgIpc) is 2.59. The van der Waals surface area contributed by atoms with E-state index in [1.54, 1.807) is 12.1 Å². The number of rotatable bonds is 1. The molecule has 1 amide bonds. The molecule has 4 nitrogen and oxygen atoms in total. The lowest BCUT2D eigenvalue weighted by molar-refractivity contribution is 0.0928. The Hall–Kier alpha value is -1.23. The number of benzene rings is 1. The van der Waals surface area contributed by atoms with E-state index in [2.05, 4.69) is 0 Å². The van der Waals surface area contributed by atoms with E-state index in [-0.39, 0.29) is 30.6 Å². The molecule has 0 aliphatic heterocycles. The van der Waals surface area contributed by atoms with Crippen molar-refractivity contribution in [1.82, 2.24) is 5.43 Å². The van der Waals surface area contributed by atoms with Crippen molar-refractivity contribution in [2.24, 2.45) is 5.84 Å². The molecule has 1 heterocycles. The van der Waals surface area contributed by atoms with Crippen molar-refractivity contribution in [1.29, 1.82) is 0 Å². The molecule has 0 spiro atoms. The third-order valence-corrected chi connectivity index (χ3v) is 1.78. The summed E-state index contributed by atoms with van der Waals surface area (Å²) in [6, 6.07) is 9.03. The minimum Gasteiger partial charge on any atom is -0.451 e. The Bertz CT molecular complexity index is 423. The number of nitrogens with one attached hydrogen (secondary N) is 1. The summed E-state index contributed by atoms with van der Waals surface area (Å²) in [4.78, 5) is 11.1. The van der Waals surface area contributed by atoms with E-state index in [9.17, 15) is 4.79 Å². The zero-order valence-electron chi connectivity index (χ0n) is 7.60. The van der Waals surface area contributed by atoms with Crippen molar-refractivity contribution in [3.8, 4) is 0 Å². The first-order valence-corrected chi connectivity index (χ1v) is 3.81. The molecule has 0 fully saturated rings. The molecule has 0 aliphatic carbocycles. The Morgan fingerprint density at radius 1 is 1.27 bits per heavy atom. The number of hydrogen-bond acceptors (Lipinski definition) is 3. The van der Waals surface area contributed by atoms with Gasteiger partial charge in [0.25, 0.3) is 0 Å². The molecule has 2 rings (SSSR count). The summed E-state index contributed by atoms with van der Waals surface area (Å²) >= 11 is 0. The molecule has 2 aromatic rings. The maximum atomic E-state index is 11.1. The van der Waals surface area contributed by atoms with E-state index in [1.165, 1.54) is 0 Å². The lowest BCUT2D eigenvalue weighted by atomic mass is 10.2. The fourth-order valence-corrected chi connectivity index (χ4v) is 1.16. The van der Waals surface area contributed by atoms with Gasteiger partial charge >= 0.3 is 5.91 Å². The van der Waals surface area contributed by atoms with Crippen LogP contribution in [0.1, 0.15) is 10.6 Å². The maximum absolute atomic E-state index is 11.1. The van der Waals surface area contributed by atoms with Gasteiger partial charge in [0.2, 0.25) is 0 Å². The van der Waals surface area contributed by atoms with Gasteiger partial charge in [0, 0.05) is 5.39 Å². The van der Waals surface area contributed by atoms with E-state index < -0.39 is 5.91 Å². The minimum absolute atomic E-state index is 0. The highest BCUT2D eigenvalue weighted by molar-refractivity contribution is 5.95. The Balaban J connectivity index is 0.000000980. The van der Waals surface area contributed by atoms with Crippen LogP contribution in [-0.4, -0.2) is 5.91 Å². The van der Waals surface area contributed by atoms with Crippen LogP contribution in [0.5, 0.6) is 0 Å². The second kappa shape index (κ2) is 5.60. The Kier molecular flexibility index (Phi) is 5.14. The van der Waals surface area contributed by atoms with Gasteiger partial charge in [-0.1, -0.05) is 18.2 Å². The number of hydrazine groups is 1. The van der Waals surface area contributed by atoms with Crippen LogP contribution in [0, 0.1) is 0 Å². The molecule has 1 aromatic heterocycles. The summed E-state index contributed by atoms with van der Waals surface area (Å²) < 4.78 is 5.23. The second-order valence-electron chi connectivity index (χ2n) is 2.62. The number of nitrogen functional groups attached to an aromatic ring is 1. The van der Waals surface area contributed by atoms with Gasteiger partial charge in [0.15, 0.2) is 5.76 Å². The first-order chi connectivity index (χ1) is 6.31. The average molecular weight is 249 g/mol. The lowest BCUT2D eigenvalue weighted by Crippen LogP contribution is -2.29. The van der Waals surface area contributed by atoms with Crippen LogP contribution < -0.4 is 11.3 Å². The quantitative estimate of drug-likeness (QED) is 0.460. The highest BCUT2D eigenvalue weighted by Crippen LogP contribution is 2.18. The Labute approximate surface area is 98.6 Å². The molecule has 3 N–H and O–H groups in total. The van der Waals surface area contributed by atoms with Crippen molar-refractivity contribution < 1.29 is 9.21 Å². The molecule has 6 heteroatoms. The summed E-state index contributed by atoms with van der Waals surface area (Å²) in [5.41, 5.74) is 2.69. The van der Waals surface area contributed by atoms with Gasteiger partial charge in [0.1, 0.15) is 5.58 Å². The minimum atomic E-state index is -0.420. The van der Waals surface area contributed by atoms with Crippen molar-refractivity contribution in [3.05, 3.63) is 36.1 Å². The van der Waals surface area contributed by atoms with Crippen LogP contribution in [0.15, 0.2) is 34.7 Å². The fourth-order valence-electron chi connectivity index (χ4n) is 1.16. The number of para-hydroxylation sites is 1. The fraction of sp³-hybridized carbons (Fsp3) is 0. The van der Waals surface area contributed by atoms with Crippen molar-refractivity contribution in [2.45, 2.75) is 0 Å². The summed E-state index contributed by atoms with van der Waals surface area (Å²) in [6.45, 7) is 0. The molecule has 1 aromatic carbocycles. The molecule has 82 valence electrons. The van der Waals surface area contributed by atoms with Crippen LogP contribution in [0.4, 0.5) is 0 Å². The maximum Gasteiger partial charge on any atom is 0.300 e. The molecule has 0 aliphatic rings. The largest absolute Gasteiger partial charge is 0.451 e. The Morgan fingerprint density at radius 3 is 2.53 bits per heavy atom. The molecule has 0 saturated heterocycles. The van der Waals surface area contributed by atoms with Gasteiger partial charge in [-0.05, 0) is 12.1 Å². The first-order valence-electron chi connectivity index (χ1n) is 3.81. The number of halogens is 2. The monoisotopic (exact) mass is 248 g/mol. The van der Waals surface area contributed by atoms with Crippen LogP contribution >= 0.6 is 24.8 Å². The standard InChI is InChI=1S/C9H8N2O2.2ClH/c10-11-9(12)8-5-6-3-1-2-4-7(6)13-8;;/h1-5H,10H2,(H,11,12);2*1H. The highest BCUT2D eigenvalue weighted by Gasteiger charge is 2.09. The van der Waals surface area contributed by atoms with Crippen LogP contribution in [0.3, 0.4) is 0 Å². The third kappa shape index (κ3) is 2.62. The molecule has 0 bridgehead atoms. The zero-order chi connectivity index (χ0) is 9.26. The van der Waals surface area contributed by atoms with E-state index in [4.69, 9.17) is 10.3 Å². The van der Waals surface area contributed by atoms with Gasteiger partial charge in [-0.2, -0.15) is 0 Å². The number of nitrogens with two attached hydrogens (primary N) is 1. The second-order valence-corrected chi connectivity index (χ2v) is 2.62. The topological polar surface area (TPSA) is 68.3 Å². The predicted octanol–water partition coefficient (Wildman–Crippen LogP) is 1.88. The van der Waals surface area contributed by atoms with Gasteiger partial charge in [-0.15, -0.1) is 24.8 Å². The zero-order valence-corrected chi connectivity index (χ0v) is 9.23. The number of carbonyl (C=O) groups excluding carboxylic acids is 1. The lowest BCUT2D eigenvalue weighted by Gasteiger charge is -1.90. The molecular formula is C9H10Cl2N2O2. The first kappa shape index (κ1) is 13.8. The molecule has 0 atom stereocenters. The summed E-state index contributed by atoms with van der Waals surface area (Å²) in [7, 11) is 0. The smallest absolute Gasteiger partial charge is 0.300 e. The highest BCUT2D eigenvalue weighted by atomic mass is 35.5. The SMILES string of the molecule is Cl.Cl.NNC(=O)c1cc2ccccc2o1. The normalized spacial score (nSPS) is 8.87. The molecule has 0 saturated carbocycles. The molecule has 15 heavy (non-hydrogen) atoms. The van der Waals surface area contributed by atoms with Gasteiger partial charge in [0.05, 0.1) is 0 Å². The Morgan fingerprint density at radius 2 is 1.93 bits per heavy atom. The molecule has 0 unspecified atom stereocenters. The number of hydrogen-bond donors (Lipinski definition) is 2.